The van der Waals surface area contributed by atoms with E-state index in [1.54, 1.807) is 22.3 Å². The van der Waals surface area contributed by atoms with E-state index in [-0.39, 0.29) is 11.7 Å². The number of Topliss-reactive ketones (excluding diaryl/α,β-unsaturated/α-hetero) is 1. The maximum Gasteiger partial charge on any atom is 0.261 e. The highest BCUT2D eigenvalue weighted by molar-refractivity contribution is 7.14. The molecule has 0 saturated carbocycles. The molecule has 3 heterocycles. The van der Waals surface area contributed by atoms with E-state index in [4.69, 9.17) is 4.42 Å². The molecule has 1 N–H and O–H groups in total. The molecule has 0 unspecified atom stereocenters. The minimum Gasteiger partial charge on any atom is -0.460 e. The van der Waals surface area contributed by atoms with E-state index in [1.807, 2.05) is 43.3 Å². The first-order valence-electron chi connectivity index (χ1n) is 8.51. The van der Waals surface area contributed by atoms with Crippen LogP contribution in [0.5, 0.6) is 0 Å². The van der Waals surface area contributed by atoms with Crippen LogP contribution in [-0.4, -0.2) is 26.5 Å². The number of hydrogen-bond acceptors (Lipinski definition) is 6. The molecule has 0 bridgehead atoms. The SMILES string of the molecule is CC(=O)c1csc(NC(=O)c2cn(-c3ccccc3)nc2-c2ccc(C)o2)n1. The van der Waals surface area contributed by atoms with Crippen molar-refractivity contribution in [1.82, 2.24) is 14.8 Å². The Balaban J connectivity index is 1.72. The summed E-state index contributed by atoms with van der Waals surface area (Å²) in [5.74, 6) is 0.693. The first kappa shape index (κ1) is 17.9. The Labute approximate surface area is 164 Å². The highest BCUT2D eigenvalue weighted by atomic mass is 32.1. The molecule has 8 heteroatoms. The monoisotopic (exact) mass is 392 g/mol. The summed E-state index contributed by atoms with van der Waals surface area (Å²) in [6, 6.07) is 13.1. The Morgan fingerprint density at radius 1 is 1.14 bits per heavy atom. The van der Waals surface area contributed by atoms with Crippen LogP contribution in [0.1, 0.15) is 33.5 Å². The molecule has 0 spiro atoms. The summed E-state index contributed by atoms with van der Waals surface area (Å²) in [7, 11) is 0. The van der Waals surface area contributed by atoms with Gasteiger partial charge in [0.25, 0.3) is 5.91 Å². The number of nitrogens with one attached hydrogen (secondary N) is 1. The fourth-order valence-electron chi connectivity index (χ4n) is 2.65. The predicted octanol–water partition coefficient (Wildman–Crippen LogP) is 4.35. The number of para-hydroxylation sites is 1. The van der Waals surface area contributed by atoms with Crippen molar-refractivity contribution in [1.29, 1.82) is 0 Å². The van der Waals surface area contributed by atoms with E-state index in [9.17, 15) is 9.59 Å². The van der Waals surface area contributed by atoms with E-state index in [0.29, 0.717) is 27.8 Å². The zero-order valence-corrected chi connectivity index (χ0v) is 16.0. The third-order valence-electron chi connectivity index (χ3n) is 4.04. The van der Waals surface area contributed by atoms with Crippen molar-refractivity contribution < 1.29 is 14.0 Å². The average molecular weight is 392 g/mol. The number of ketones is 1. The summed E-state index contributed by atoms with van der Waals surface area (Å²) >= 11 is 1.20. The predicted molar refractivity (Wildman–Crippen MR) is 106 cm³/mol. The minimum absolute atomic E-state index is 0.152. The van der Waals surface area contributed by atoms with Crippen LogP contribution in [0.15, 0.2) is 58.5 Å². The lowest BCUT2D eigenvalue weighted by atomic mass is 10.2. The second-order valence-electron chi connectivity index (χ2n) is 6.13. The number of carbonyl (C=O) groups is 2. The van der Waals surface area contributed by atoms with Crippen molar-refractivity contribution in [3.8, 4) is 17.1 Å². The summed E-state index contributed by atoms with van der Waals surface area (Å²) in [5, 5.41) is 9.25. The molecule has 0 saturated heterocycles. The van der Waals surface area contributed by atoms with Gasteiger partial charge >= 0.3 is 0 Å². The number of aryl methyl sites for hydroxylation is 1. The van der Waals surface area contributed by atoms with Crippen molar-refractivity contribution in [2.75, 3.05) is 5.32 Å². The number of thiazole rings is 1. The van der Waals surface area contributed by atoms with Crippen LogP contribution in [0.2, 0.25) is 0 Å². The second kappa shape index (κ2) is 7.24. The van der Waals surface area contributed by atoms with Crippen LogP contribution >= 0.6 is 11.3 Å². The molecule has 0 aliphatic carbocycles. The summed E-state index contributed by atoms with van der Waals surface area (Å²) in [5.41, 5.74) is 1.91. The van der Waals surface area contributed by atoms with Gasteiger partial charge < -0.3 is 4.42 Å². The van der Waals surface area contributed by atoms with Crippen LogP contribution in [0.3, 0.4) is 0 Å². The van der Waals surface area contributed by atoms with Gasteiger partial charge in [0, 0.05) is 18.5 Å². The first-order chi connectivity index (χ1) is 13.5. The summed E-state index contributed by atoms with van der Waals surface area (Å²) < 4.78 is 7.31. The minimum atomic E-state index is -0.379. The third-order valence-corrected chi connectivity index (χ3v) is 4.80. The highest BCUT2D eigenvalue weighted by Crippen LogP contribution is 2.27. The molecule has 140 valence electrons. The van der Waals surface area contributed by atoms with Gasteiger partial charge in [-0.15, -0.1) is 11.3 Å². The maximum atomic E-state index is 12.9. The quantitative estimate of drug-likeness (QED) is 0.510. The number of nitrogens with zero attached hydrogens (tertiary/aromatic N) is 3. The molecular formula is C20H16N4O3S. The molecule has 0 aliphatic heterocycles. The topological polar surface area (TPSA) is 90.0 Å². The lowest BCUT2D eigenvalue weighted by Crippen LogP contribution is -2.12. The van der Waals surface area contributed by atoms with Gasteiger partial charge in [0.2, 0.25) is 0 Å². The molecule has 3 aromatic heterocycles. The Bertz CT molecular complexity index is 1160. The van der Waals surface area contributed by atoms with Crippen LogP contribution in [0.25, 0.3) is 17.1 Å². The first-order valence-corrected chi connectivity index (χ1v) is 9.39. The van der Waals surface area contributed by atoms with E-state index < -0.39 is 0 Å². The number of aromatic nitrogens is 3. The van der Waals surface area contributed by atoms with Crippen LogP contribution < -0.4 is 5.32 Å². The summed E-state index contributed by atoms with van der Waals surface area (Å²) in [4.78, 5) is 28.5. The Morgan fingerprint density at radius 2 is 1.93 bits per heavy atom. The van der Waals surface area contributed by atoms with Crippen molar-refractivity contribution in [3.63, 3.8) is 0 Å². The lowest BCUT2D eigenvalue weighted by molar-refractivity contribution is 0.100. The number of amides is 1. The van der Waals surface area contributed by atoms with Crippen molar-refractivity contribution in [2.24, 2.45) is 0 Å². The van der Waals surface area contributed by atoms with Gasteiger partial charge in [0.15, 0.2) is 16.7 Å². The van der Waals surface area contributed by atoms with Gasteiger partial charge in [-0.05, 0) is 31.2 Å². The number of rotatable bonds is 5. The van der Waals surface area contributed by atoms with Crippen molar-refractivity contribution in [3.05, 3.63) is 71.1 Å². The third kappa shape index (κ3) is 3.49. The number of carbonyl (C=O) groups excluding carboxylic acids is 2. The van der Waals surface area contributed by atoms with E-state index >= 15 is 0 Å². The Hall–Kier alpha value is -3.52. The number of anilines is 1. The van der Waals surface area contributed by atoms with Crippen LogP contribution in [0.4, 0.5) is 5.13 Å². The number of hydrogen-bond donors (Lipinski definition) is 1. The van der Waals surface area contributed by atoms with Crippen LogP contribution in [0, 0.1) is 6.92 Å². The lowest BCUT2D eigenvalue weighted by Gasteiger charge is -2.00. The number of benzene rings is 1. The molecule has 1 aromatic carbocycles. The summed E-state index contributed by atoms with van der Waals surface area (Å²) in [6.07, 6.45) is 1.65. The maximum absolute atomic E-state index is 12.9. The smallest absolute Gasteiger partial charge is 0.261 e. The molecule has 4 aromatic rings. The standard InChI is InChI=1S/C20H16N4O3S/c1-12-8-9-17(27-12)18-15(10-24(23-18)14-6-4-3-5-7-14)19(26)22-20-21-16(11-28-20)13(2)25/h3-11H,1-2H3,(H,21,22,26). The van der Waals surface area contributed by atoms with Gasteiger partial charge in [-0.1, -0.05) is 18.2 Å². The molecular weight excluding hydrogens is 376 g/mol. The number of furan rings is 1. The van der Waals surface area contributed by atoms with Gasteiger partial charge in [-0.2, -0.15) is 5.10 Å². The summed E-state index contributed by atoms with van der Waals surface area (Å²) in [6.45, 7) is 3.26. The zero-order valence-electron chi connectivity index (χ0n) is 15.2. The fraction of sp³-hybridized carbons (Fsp3) is 0.100. The molecule has 0 radical (unpaired) electrons. The Morgan fingerprint density at radius 3 is 2.57 bits per heavy atom. The fourth-order valence-corrected chi connectivity index (χ4v) is 3.40. The van der Waals surface area contributed by atoms with Crippen LogP contribution in [-0.2, 0) is 0 Å². The molecule has 0 atom stereocenters. The van der Waals surface area contributed by atoms with Crippen molar-refractivity contribution in [2.45, 2.75) is 13.8 Å². The van der Waals surface area contributed by atoms with Gasteiger partial charge in [-0.25, -0.2) is 9.67 Å². The van der Waals surface area contributed by atoms with E-state index in [2.05, 4.69) is 15.4 Å². The molecule has 4 rings (SSSR count). The molecule has 0 aliphatic rings. The van der Waals surface area contributed by atoms with Gasteiger partial charge in [-0.3, -0.25) is 14.9 Å². The largest absolute Gasteiger partial charge is 0.460 e. The van der Waals surface area contributed by atoms with Gasteiger partial charge in [0.05, 0.1) is 11.3 Å². The second-order valence-corrected chi connectivity index (χ2v) is 6.99. The molecule has 28 heavy (non-hydrogen) atoms. The normalized spacial score (nSPS) is 10.8. The van der Waals surface area contributed by atoms with Crippen molar-refractivity contribution >= 4 is 28.2 Å². The zero-order chi connectivity index (χ0) is 19.7. The molecule has 1 amide bonds. The van der Waals surface area contributed by atoms with E-state index in [1.165, 1.54) is 18.3 Å². The highest BCUT2D eigenvalue weighted by Gasteiger charge is 2.22. The van der Waals surface area contributed by atoms with E-state index in [0.717, 1.165) is 11.4 Å². The van der Waals surface area contributed by atoms with Gasteiger partial charge in [0.1, 0.15) is 17.1 Å². The molecule has 0 fully saturated rings. The Kier molecular flexibility index (Phi) is 4.62. The average Bonchev–Trinajstić information content (AvgIpc) is 3.41. The molecule has 7 nitrogen and oxygen atoms in total.